The first-order valence-electron chi connectivity index (χ1n) is 26.9. The molecule has 0 bridgehead atoms. The van der Waals surface area contributed by atoms with Crippen LogP contribution in [0.25, 0.3) is 0 Å². The lowest BCUT2D eigenvalue weighted by Gasteiger charge is -2.13. The minimum Gasteiger partial charge on any atom is -0.507 e. The van der Waals surface area contributed by atoms with Crippen LogP contribution in [0.3, 0.4) is 0 Å². The topological polar surface area (TPSA) is 314 Å². The fraction of sp³-hybridized carbons (Fsp3) is 0.439. The molecule has 0 aliphatic rings. The third kappa shape index (κ3) is 23.6. The highest BCUT2D eigenvalue weighted by Gasteiger charge is 2.20. The molecule has 0 saturated carbocycles. The summed E-state index contributed by atoms with van der Waals surface area (Å²) in [6, 6.07) is 18.3. The SMILES string of the molecule is CCCCCCCCc1cccc(O)c1C(=O)NNC(=O)CCSCCC(=O)NNC(=O)c1cc(Cc2ccc(O)c(C(=O)NNC(=O)CCSCCC(=O)NNC(=O)c3c(O)cccc3CCCCCCCC)c2)ccc1O. The zero-order valence-corrected chi connectivity index (χ0v) is 46.7. The van der Waals surface area contributed by atoms with Crippen LogP contribution in [0.4, 0.5) is 0 Å². The van der Waals surface area contributed by atoms with E-state index in [9.17, 15) is 58.8 Å². The summed E-state index contributed by atoms with van der Waals surface area (Å²) in [6.45, 7) is 4.31. The molecule has 22 heteroatoms. The first-order valence-corrected chi connectivity index (χ1v) is 29.2. The molecule has 4 aromatic rings. The van der Waals surface area contributed by atoms with Gasteiger partial charge >= 0.3 is 0 Å². The Hall–Kier alpha value is -7.46. The zero-order valence-electron chi connectivity index (χ0n) is 45.1. The first kappa shape index (κ1) is 64.1. The Morgan fingerprint density at radius 2 is 0.709 bits per heavy atom. The minimum atomic E-state index is -0.804. The molecule has 8 amide bonds. The summed E-state index contributed by atoms with van der Waals surface area (Å²) in [5.74, 6) is -4.63. The molecular weight excluding hydrogens is 1050 g/mol. The number of amides is 8. The molecule has 0 saturated heterocycles. The second-order valence-corrected chi connectivity index (χ2v) is 21.2. The van der Waals surface area contributed by atoms with Gasteiger partial charge < -0.3 is 20.4 Å². The largest absolute Gasteiger partial charge is 0.507 e. The van der Waals surface area contributed by atoms with Crippen molar-refractivity contribution < 1.29 is 58.8 Å². The number of aryl methyl sites for hydroxylation is 2. The molecule has 0 aliphatic carbocycles. The number of phenols is 4. The van der Waals surface area contributed by atoms with Crippen LogP contribution in [0.15, 0.2) is 72.8 Å². The number of unbranched alkanes of at least 4 members (excludes halogenated alkanes) is 10. The number of phenolic OH excluding ortho intramolecular Hbond substituents is 4. The summed E-state index contributed by atoms with van der Waals surface area (Å²) in [5, 5.41) is 41.7. The van der Waals surface area contributed by atoms with Crippen molar-refractivity contribution >= 4 is 70.8 Å². The lowest BCUT2D eigenvalue weighted by atomic mass is 9.99. The quantitative estimate of drug-likeness (QED) is 0.0168. The van der Waals surface area contributed by atoms with Gasteiger partial charge in [0.2, 0.25) is 23.6 Å². The van der Waals surface area contributed by atoms with Gasteiger partial charge in [0.25, 0.3) is 23.6 Å². The molecule has 0 fully saturated rings. The number of hydrogen-bond donors (Lipinski definition) is 12. The molecular formula is C57H76N8O12S2. The van der Waals surface area contributed by atoms with E-state index in [-0.39, 0.29) is 77.4 Å². The summed E-state index contributed by atoms with van der Waals surface area (Å²) in [7, 11) is 0. The molecule has 428 valence electrons. The lowest BCUT2D eigenvalue weighted by Crippen LogP contribution is -2.42. The van der Waals surface area contributed by atoms with Crippen LogP contribution < -0.4 is 43.4 Å². The van der Waals surface area contributed by atoms with Gasteiger partial charge in [-0.05, 0) is 90.8 Å². The monoisotopic (exact) mass is 1130 g/mol. The molecule has 0 atom stereocenters. The van der Waals surface area contributed by atoms with E-state index in [0.29, 0.717) is 58.1 Å². The molecule has 0 aliphatic heterocycles. The maximum absolute atomic E-state index is 13.0. The van der Waals surface area contributed by atoms with Gasteiger partial charge in [-0.1, -0.05) is 114 Å². The highest BCUT2D eigenvalue weighted by atomic mass is 32.2. The van der Waals surface area contributed by atoms with Crippen molar-refractivity contribution in [1.82, 2.24) is 43.4 Å². The molecule has 4 aromatic carbocycles. The number of thioether (sulfide) groups is 2. The molecule has 20 nitrogen and oxygen atoms in total. The van der Waals surface area contributed by atoms with E-state index >= 15 is 0 Å². The van der Waals surface area contributed by atoms with Crippen LogP contribution in [-0.2, 0) is 38.4 Å². The average molecular weight is 1130 g/mol. The number of aromatic hydroxyl groups is 4. The second-order valence-electron chi connectivity index (χ2n) is 18.8. The van der Waals surface area contributed by atoms with E-state index in [0.717, 1.165) is 64.2 Å². The van der Waals surface area contributed by atoms with Crippen molar-refractivity contribution in [1.29, 1.82) is 0 Å². The van der Waals surface area contributed by atoms with E-state index in [1.54, 1.807) is 36.4 Å². The Morgan fingerprint density at radius 1 is 0.380 bits per heavy atom. The third-order valence-corrected chi connectivity index (χ3v) is 14.5. The predicted molar refractivity (Wildman–Crippen MR) is 305 cm³/mol. The highest BCUT2D eigenvalue weighted by Crippen LogP contribution is 2.26. The summed E-state index contributed by atoms with van der Waals surface area (Å²) >= 11 is 2.61. The van der Waals surface area contributed by atoms with Gasteiger partial charge in [0.05, 0.1) is 22.3 Å². The van der Waals surface area contributed by atoms with Gasteiger partial charge in [-0.25, -0.2) is 0 Å². The smallest absolute Gasteiger partial charge is 0.273 e. The molecule has 0 radical (unpaired) electrons. The molecule has 4 rings (SSSR count). The van der Waals surface area contributed by atoms with Crippen LogP contribution >= 0.6 is 23.5 Å². The van der Waals surface area contributed by atoms with Gasteiger partial charge in [-0.3, -0.25) is 81.8 Å². The summed E-state index contributed by atoms with van der Waals surface area (Å²) in [6.07, 6.45) is 14.4. The number of nitrogens with one attached hydrogen (secondary N) is 8. The molecule has 79 heavy (non-hydrogen) atoms. The average Bonchev–Trinajstić information content (AvgIpc) is 3.44. The van der Waals surface area contributed by atoms with E-state index < -0.39 is 47.3 Å². The second kappa shape index (κ2) is 35.9. The Bertz CT molecular complexity index is 2510. The number of benzene rings is 4. The van der Waals surface area contributed by atoms with Gasteiger partial charge in [0.15, 0.2) is 0 Å². The van der Waals surface area contributed by atoms with Crippen molar-refractivity contribution in [3.8, 4) is 23.0 Å². The summed E-state index contributed by atoms with van der Waals surface area (Å²) in [5.41, 5.74) is 21.1. The Morgan fingerprint density at radius 3 is 1.06 bits per heavy atom. The Kier molecular flexibility index (Phi) is 29.1. The number of rotatable bonds is 32. The zero-order chi connectivity index (χ0) is 57.4. The van der Waals surface area contributed by atoms with Gasteiger partial charge in [-0.15, -0.1) is 0 Å². The van der Waals surface area contributed by atoms with Crippen LogP contribution in [0.1, 0.15) is 180 Å². The van der Waals surface area contributed by atoms with Crippen molar-refractivity contribution in [2.75, 3.05) is 23.0 Å². The number of carbonyl (C=O) groups excluding carboxylic acids is 8. The normalized spacial score (nSPS) is 10.8. The van der Waals surface area contributed by atoms with E-state index in [1.165, 1.54) is 72.8 Å². The lowest BCUT2D eigenvalue weighted by molar-refractivity contribution is -0.122. The van der Waals surface area contributed by atoms with Gasteiger partial charge in [0, 0.05) is 48.7 Å². The minimum absolute atomic E-state index is 0.0141. The summed E-state index contributed by atoms with van der Waals surface area (Å²) < 4.78 is 0. The highest BCUT2D eigenvalue weighted by molar-refractivity contribution is 7.99. The molecule has 0 spiro atoms. The van der Waals surface area contributed by atoms with Crippen LogP contribution in [0.2, 0.25) is 0 Å². The summed E-state index contributed by atoms with van der Waals surface area (Å²) in [4.78, 5) is 102. The maximum atomic E-state index is 13.0. The van der Waals surface area contributed by atoms with Crippen molar-refractivity contribution in [2.45, 2.75) is 136 Å². The number of hydrogen-bond acceptors (Lipinski definition) is 14. The van der Waals surface area contributed by atoms with Gasteiger partial charge in [-0.2, -0.15) is 23.5 Å². The molecule has 12 N–H and O–H groups in total. The third-order valence-electron chi connectivity index (χ3n) is 12.5. The van der Waals surface area contributed by atoms with Crippen molar-refractivity contribution in [3.05, 3.63) is 117 Å². The van der Waals surface area contributed by atoms with E-state index in [1.807, 2.05) is 0 Å². The van der Waals surface area contributed by atoms with Crippen molar-refractivity contribution in [3.63, 3.8) is 0 Å². The van der Waals surface area contributed by atoms with Crippen LogP contribution in [-0.4, -0.2) is 90.7 Å². The Labute approximate surface area is 470 Å². The standard InChI is InChI=1S/C57H76N8O12S2/c1-3-5-7-9-11-13-17-40-19-15-21-46(68)52(40)56(76)64-60-50(72)29-33-78-31-27-48(70)58-62-54(74)42-36-38(23-25-44(42)66)35-39-24-26-45(67)43(37-39)55(75)63-59-49(71)28-32-79-34-30-51(73)61-65-57(77)53-41(20-16-22-47(53)69)18-14-12-10-8-6-4-2/h15-16,19-26,36-37,66-69H,3-14,17-18,27-35H2,1-2H3,(H,58,70)(H,59,71)(H,60,72)(H,61,73)(H,62,74)(H,63,75)(H,64,76)(H,65,77). The fourth-order valence-electron chi connectivity index (χ4n) is 8.17. The maximum Gasteiger partial charge on any atom is 0.273 e. The van der Waals surface area contributed by atoms with Crippen LogP contribution in [0, 0.1) is 0 Å². The molecule has 0 heterocycles. The molecule has 0 unspecified atom stereocenters. The fourth-order valence-corrected chi connectivity index (χ4v) is 9.90. The molecule has 0 aromatic heterocycles. The van der Waals surface area contributed by atoms with Crippen LogP contribution in [0.5, 0.6) is 23.0 Å². The number of carbonyl (C=O) groups is 8. The first-order chi connectivity index (χ1) is 38.1. The predicted octanol–water partition coefficient (Wildman–Crippen LogP) is 7.38. The number of hydrazine groups is 4. The van der Waals surface area contributed by atoms with Gasteiger partial charge in [0.1, 0.15) is 23.0 Å². The Balaban J connectivity index is 1.11. The van der Waals surface area contributed by atoms with E-state index in [2.05, 4.69) is 57.3 Å². The van der Waals surface area contributed by atoms with Crippen molar-refractivity contribution in [2.24, 2.45) is 0 Å². The van der Waals surface area contributed by atoms with E-state index in [4.69, 9.17) is 0 Å².